The van der Waals surface area contributed by atoms with E-state index in [-0.39, 0.29) is 5.82 Å². The van der Waals surface area contributed by atoms with E-state index in [0.29, 0.717) is 40.1 Å². The van der Waals surface area contributed by atoms with E-state index in [1.54, 1.807) is 42.7 Å². The van der Waals surface area contributed by atoms with Crippen molar-refractivity contribution in [2.75, 3.05) is 6.54 Å². The van der Waals surface area contributed by atoms with Gasteiger partial charge in [0.15, 0.2) is 5.82 Å². The normalized spacial score (nSPS) is 12.4. The average molecular weight is 387 g/mol. The number of hydrogen-bond acceptors (Lipinski definition) is 5. The van der Waals surface area contributed by atoms with Gasteiger partial charge in [0.1, 0.15) is 5.82 Å². The molecule has 2 aromatic heterocycles. The number of nitrogens with two attached hydrogens (primary N) is 1. The van der Waals surface area contributed by atoms with Gasteiger partial charge in [0, 0.05) is 18.9 Å². The Bertz CT molecular complexity index is 937. The van der Waals surface area contributed by atoms with Gasteiger partial charge in [0.25, 0.3) is 0 Å². The topological polar surface area (TPSA) is 64.2 Å². The molecule has 26 heavy (non-hydrogen) atoms. The lowest BCUT2D eigenvalue weighted by atomic mass is 10.1. The Kier molecular flexibility index (Phi) is 6.09. The van der Waals surface area contributed by atoms with Crippen LogP contribution in [0.5, 0.6) is 0 Å². The van der Waals surface area contributed by atoms with E-state index in [4.69, 9.17) is 17.3 Å². The van der Waals surface area contributed by atoms with Crippen molar-refractivity contribution in [3.63, 3.8) is 0 Å². The van der Waals surface area contributed by atoms with Gasteiger partial charge in [-0.05, 0) is 42.3 Å². The molecule has 132 valence electrons. The van der Waals surface area contributed by atoms with Crippen molar-refractivity contribution in [1.29, 1.82) is 0 Å². The first-order valence-electron chi connectivity index (χ1n) is 7.91. The average Bonchev–Trinajstić information content (AvgIpc) is 3.09. The molecule has 0 bridgehead atoms. The third-order valence-corrected chi connectivity index (χ3v) is 4.82. The van der Waals surface area contributed by atoms with Crippen molar-refractivity contribution in [3.8, 4) is 0 Å². The standard InChI is InChI=1S/C19H16ClFN4S/c20-18-7-6-17(26-18)16(12-15(22)19-24-9-3-10-25-19)23-11-8-13-4-1-2-5-14(13)21/h1-7,9-10,12H,8,11,22H2. The molecule has 1 aromatic carbocycles. The van der Waals surface area contributed by atoms with Gasteiger partial charge in [0.05, 0.1) is 20.6 Å². The maximum absolute atomic E-state index is 13.8. The van der Waals surface area contributed by atoms with Gasteiger partial charge in [-0.15, -0.1) is 11.3 Å². The van der Waals surface area contributed by atoms with Crippen molar-refractivity contribution >= 4 is 34.3 Å². The number of hydrogen-bond donors (Lipinski definition) is 1. The summed E-state index contributed by atoms with van der Waals surface area (Å²) in [5, 5.41) is 0. The molecule has 0 unspecified atom stereocenters. The van der Waals surface area contributed by atoms with Crippen molar-refractivity contribution in [2.24, 2.45) is 10.7 Å². The predicted molar refractivity (Wildman–Crippen MR) is 105 cm³/mol. The minimum absolute atomic E-state index is 0.226. The molecule has 0 fully saturated rings. The van der Waals surface area contributed by atoms with Crippen LogP contribution in [-0.4, -0.2) is 22.2 Å². The summed E-state index contributed by atoms with van der Waals surface area (Å²) in [6.45, 7) is 0.422. The highest BCUT2D eigenvalue weighted by Gasteiger charge is 2.08. The zero-order valence-corrected chi connectivity index (χ0v) is 15.3. The maximum Gasteiger partial charge on any atom is 0.175 e. The quantitative estimate of drug-likeness (QED) is 0.640. The minimum atomic E-state index is -0.226. The predicted octanol–water partition coefficient (Wildman–Crippen LogP) is 4.36. The summed E-state index contributed by atoms with van der Waals surface area (Å²) in [7, 11) is 0. The maximum atomic E-state index is 13.8. The van der Waals surface area contributed by atoms with Crippen LogP contribution in [0.25, 0.3) is 5.70 Å². The molecular formula is C19H16ClFN4S. The SMILES string of the molecule is NC(=CC(=NCCc1ccccc1F)c1ccc(Cl)s1)c1ncccn1. The van der Waals surface area contributed by atoms with Crippen LogP contribution in [0.4, 0.5) is 4.39 Å². The van der Waals surface area contributed by atoms with Gasteiger partial charge in [-0.2, -0.15) is 0 Å². The van der Waals surface area contributed by atoms with Crippen molar-refractivity contribution < 1.29 is 4.39 Å². The second-order valence-electron chi connectivity index (χ2n) is 5.38. The molecule has 0 amide bonds. The van der Waals surface area contributed by atoms with Gasteiger partial charge in [-0.25, -0.2) is 14.4 Å². The molecule has 0 saturated heterocycles. The Morgan fingerprint density at radius 3 is 2.62 bits per heavy atom. The minimum Gasteiger partial charge on any atom is -0.396 e. The fraction of sp³-hybridized carbons (Fsp3) is 0.105. The molecule has 3 rings (SSSR count). The Morgan fingerprint density at radius 1 is 1.15 bits per heavy atom. The van der Waals surface area contributed by atoms with Crippen molar-refractivity contribution in [1.82, 2.24) is 9.97 Å². The monoisotopic (exact) mass is 386 g/mol. The van der Waals surface area contributed by atoms with E-state index in [2.05, 4.69) is 15.0 Å². The highest BCUT2D eigenvalue weighted by molar-refractivity contribution is 7.18. The highest BCUT2D eigenvalue weighted by Crippen LogP contribution is 2.23. The summed E-state index contributed by atoms with van der Waals surface area (Å²) in [5.74, 6) is 0.202. The molecule has 7 heteroatoms. The van der Waals surface area contributed by atoms with E-state index in [0.717, 1.165) is 4.88 Å². The van der Waals surface area contributed by atoms with Crippen molar-refractivity contribution in [3.05, 3.63) is 87.4 Å². The second-order valence-corrected chi connectivity index (χ2v) is 7.10. The lowest BCUT2D eigenvalue weighted by Crippen LogP contribution is -2.06. The van der Waals surface area contributed by atoms with Gasteiger partial charge < -0.3 is 5.73 Å². The van der Waals surface area contributed by atoms with Crippen LogP contribution in [0.2, 0.25) is 4.34 Å². The molecule has 4 nitrogen and oxygen atoms in total. The molecule has 2 N–H and O–H groups in total. The fourth-order valence-electron chi connectivity index (χ4n) is 2.30. The Labute approximate surface area is 159 Å². The molecule has 0 saturated carbocycles. The first-order valence-corrected chi connectivity index (χ1v) is 9.11. The Hall–Kier alpha value is -2.57. The van der Waals surface area contributed by atoms with Crippen LogP contribution < -0.4 is 5.73 Å². The van der Waals surface area contributed by atoms with Crippen LogP contribution in [0.1, 0.15) is 16.3 Å². The van der Waals surface area contributed by atoms with Gasteiger partial charge in [-0.1, -0.05) is 29.8 Å². The molecule has 0 aliphatic rings. The number of halogens is 2. The zero-order chi connectivity index (χ0) is 18.4. The lowest BCUT2D eigenvalue weighted by molar-refractivity contribution is 0.609. The number of benzene rings is 1. The third kappa shape index (κ3) is 4.74. The number of nitrogens with zero attached hydrogens (tertiary/aromatic N) is 3. The molecule has 0 spiro atoms. The summed E-state index contributed by atoms with van der Waals surface area (Å²) in [4.78, 5) is 13.8. The first-order chi connectivity index (χ1) is 12.6. The molecule has 2 heterocycles. The summed E-state index contributed by atoms with van der Waals surface area (Å²) in [5.41, 5.74) is 7.81. The molecule has 0 radical (unpaired) electrons. The first kappa shape index (κ1) is 18.2. The molecular weight excluding hydrogens is 371 g/mol. The molecule has 3 aromatic rings. The van der Waals surface area contributed by atoms with Crippen LogP contribution in [0.15, 0.2) is 65.9 Å². The Balaban J connectivity index is 1.85. The van der Waals surface area contributed by atoms with Crippen molar-refractivity contribution in [2.45, 2.75) is 6.42 Å². The fourth-order valence-corrected chi connectivity index (χ4v) is 3.33. The van der Waals surface area contributed by atoms with Crippen LogP contribution in [0.3, 0.4) is 0 Å². The molecule has 0 aliphatic heterocycles. The van der Waals surface area contributed by atoms with Crippen LogP contribution in [-0.2, 0) is 6.42 Å². The van der Waals surface area contributed by atoms with E-state index in [1.807, 2.05) is 12.1 Å². The summed E-state index contributed by atoms with van der Waals surface area (Å²) in [6.07, 6.45) is 5.46. The number of aromatic nitrogens is 2. The van der Waals surface area contributed by atoms with E-state index < -0.39 is 0 Å². The summed E-state index contributed by atoms with van der Waals surface area (Å²) >= 11 is 7.45. The van der Waals surface area contributed by atoms with Gasteiger partial charge >= 0.3 is 0 Å². The van der Waals surface area contributed by atoms with E-state index >= 15 is 0 Å². The third-order valence-electron chi connectivity index (χ3n) is 3.56. The van der Waals surface area contributed by atoms with Crippen LogP contribution in [0, 0.1) is 5.82 Å². The summed E-state index contributed by atoms with van der Waals surface area (Å²) in [6, 6.07) is 12.1. The van der Waals surface area contributed by atoms with E-state index in [9.17, 15) is 4.39 Å². The number of allylic oxidation sites excluding steroid dienone is 1. The smallest absolute Gasteiger partial charge is 0.175 e. The van der Waals surface area contributed by atoms with E-state index in [1.165, 1.54) is 17.4 Å². The second kappa shape index (κ2) is 8.69. The highest BCUT2D eigenvalue weighted by atomic mass is 35.5. The molecule has 0 aliphatic carbocycles. The van der Waals surface area contributed by atoms with Gasteiger partial charge in [-0.3, -0.25) is 4.99 Å². The number of rotatable bonds is 6. The zero-order valence-electron chi connectivity index (χ0n) is 13.8. The lowest BCUT2D eigenvalue weighted by Gasteiger charge is -2.04. The largest absolute Gasteiger partial charge is 0.396 e. The number of aliphatic imine (C=N–C) groups is 1. The molecule has 0 atom stereocenters. The summed E-state index contributed by atoms with van der Waals surface area (Å²) < 4.78 is 14.4. The Morgan fingerprint density at radius 2 is 1.92 bits per heavy atom. The van der Waals surface area contributed by atoms with Crippen LogP contribution >= 0.6 is 22.9 Å². The number of thiophene rings is 1. The van der Waals surface area contributed by atoms with Gasteiger partial charge in [0.2, 0.25) is 0 Å².